The lowest BCUT2D eigenvalue weighted by Crippen LogP contribution is -2.40. The number of para-hydroxylation sites is 1. The first kappa shape index (κ1) is 15.2. The Morgan fingerprint density at radius 3 is 2.86 bits per heavy atom. The molecule has 7 nitrogen and oxygen atoms in total. The normalized spacial score (nSPS) is 21.4. The summed E-state index contributed by atoms with van der Waals surface area (Å²) in [6.45, 7) is 2.44. The van der Waals surface area contributed by atoms with Crippen molar-refractivity contribution in [1.82, 2.24) is 4.90 Å². The molecule has 0 saturated carbocycles. The Hall–Kier alpha value is -2.15. The number of hydrogen-bond donors (Lipinski definition) is 2. The Labute approximate surface area is 122 Å². The van der Waals surface area contributed by atoms with Gasteiger partial charge in [-0.3, -0.25) is 14.9 Å². The van der Waals surface area contributed by atoms with Gasteiger partial charge in [0.05, 0.1) is 23.1 Å². The molecule has 1 aromatic rings. The second-order valence-corrected chi connectivity index (χ2v) is 5.22. The highest BCUT2D eigenvalue weighted by molar-refractivity contribution is 6.01. The van der Waals surface area contributed by atoms with Crippen LogP contribution in [0.5, 0.6) is 0 Å². The molecule has 2 N–H and O–H groups in total. The average Bonchev–Trinajstić information content (AvgIpc) is 2.86. The van der Waals surface area contributed by atoms with Gasteiger partial charge in [0.15, 0.2) is 0 Å². The summed E-state index contributed by atoms with van der Waals surface area (Å²) in [5, 5.41) is 23.2. The van der Waals surface area contributed by atoms with E-state index in [-0.39, 0.29) is 41.4 Å². The van der Waals surface area contributed by atoms with Crippen molar-refractivity contribution in [3.63, 3.8) is 0 Å². The molecule has 0 radical (unpaired) electrons. The number of carbonyl (C=O) groups is 1. The molecule has 7 heteroatoms. The molecule has 1 saturated heterocycles. The van der Waals surface area contributed by atoms with Gasteiger partial charge in [0.1, 0.15) is 5.69 Å². The van der Waals surface area contributed by atoms with Crippen molar-refractivity contribution in [3.05, 3.63) is 33.9 Å². The van der Waals surface area contributed by atoms with Crippen molar-refractivity contribution in [3.8, 4) is 0 Å². The average molecular weight is 293 g/mol. The van der Waals surface area contributed by atoms with Crippen LogP contribution >= 0.6 is 0 Å². The molecule has 0 spiro atoms. The van der Waals surface area contributed by atoms with E-state index in [1.54, 1.807) is 18.0 Å². The summed E-state index contributed by atoms with van der Waals surface area (Å²) in [5.41, 5.74) is 0.346. The van der Waals surface area contributed by atoms with Gasteiger partial charge < -0.3 is 15.3 Å². The molecule has 2 atom stereocenters. The summed E-state index contributed by atoms with van der Waals surface area (Å²) in [5.74, 6) is -0.0675. The maximum Gasteiger partial charge on any atom is 0.293 e. The number of hydrogen-bond acceptors (Lipinski definition) is 5. The van der Waals surface area contributed by atoms with E-state index in [1.165, 1.54) is 12.1 Å². The third-order valence-corrected chi connectivity index (χ3v) is 4.05. The Morgan fingerprint density at radius 2 is 2.29 bits per heavy atom. The third kappa shape index (κ3) is 2.69. The summed E-state index contributed by atoms with van der Waals surface area (Å²) < 4.78 is 0. The van der Waals surface area contributed by atoms with Gasteiger partial charge in [-0.25, -0.2) is 0 Å². The van der Waals surface area contributed by atoms with Crippen LogP contribution in [-0.2, 0) is 0 Å². The molecule has 1 aliphatic rings. The highest BCUT2D eigenvalue weighted by Gasteiger charge is 2.35. The number of likely N-dealkylation sites (tertiary alicyclic amines) is 1. The van der Waals surface area contributed by atoms with Crippen LogP contribution in [0, 0.1) is 16.0 Å². The zero-order chi connectivity index (χ0) is 15.6. The molecule has 1 fully saturated rings. The van der Waals surface area contributed by atoms with Crippen LogP contribution in [-0.4, -0.2) is 47.1 Å². The molecule has 2 unspecified atom stereocenters. The van der Waals surface area contributed by atoms with Gasteiger partial charge >= 0.3 is 0 Å². The zero-order valence-corrected chi connectivity index (χ0v) is 12.1. The number of carbonyl (C=O) groups excluding carboxylic acids is 1. The number of rotatable bonds is 4. The Morgan fingerprint density at radius 1 is 1.57 bits per heavy atom. The highest BCUT2D eigenvalue weighted by Crippen LogP contribution is 2.31. The number of benzene rings is 1. The lowest BCUT2D eigenvalue weighted by molar-refractivity contribution is -0.384. The first-order valence-corrected chi connectivity index (χ1v) is 6.88. The maximum absolute atomic E-state index is 12.7. The number of nitrogens with one attached hydrogen (secondary N) is 1. The van der Waals surface area contributed by atoms with Crippen molar-refractivity contribution >= 4 is 17.3 Å². The van der Waals surface area contributed by atoms with Crippen LogP contribution in [0.25, 0.3) is 0 Å². The van der Waals surface area contributed by atoms with Crippen molar-refractivity contribution in [2.45, 2.75) is 19.4 Å². The van der Waals surface area contributed by atoms with E-state index in [0.29, 0.717) is 6.54 Å². The second kappa shape index (κ2) is 6.09. The van der Waals surface area contributed by atoms with E-state index in [1.807, 2.05) is 6.92 Å². The Balaban J connectivity index is 2.40. The summed E-state index contributed by atoms with van der Waals surface area (Å²) in [6.07, 6.45) is 0.820. The maximum atomic E-state index is 12.7. The van der Waals surface area contributed by atoms with Crippen LogP contribution in [0.3, 0.4) is 0 Å². The largest absolute Gasteiger partial charge is 0.394 e. The number of aliphatic hydroxyl groups excluding tert-OH is 1. The number of nitro groups is 1. The lowest BCUT2D eigenvalue weighted by atomic mass is 10.0. The van der Waals surface area contributed by atoms with E-state index in [4.69, 9.17) is 0 Å². The lowest BCUT2D eigenvalue weighted by Gasteiger charge is -2.26. The molecule has 1 aromatic carbocycles. The molecule has 0 aliphatic carbocycles. The number of amides is 1. The smallest absolute Gasteiger partial charge is 0.293 e. The topological polar surface area (TPSA) is 95.7 Å². The molecule has 1 heterocycles. The van der Waals surface area contributed by atoms with Crippen LogP contribution in [0.15, 0.2) is 18.2 Å². The van der Waals surface area contributed by atoms with E-state index >= 15 is 0 Å². The minimum absolute atomic E-state index is 0.100. The van der Waals surface area contributed by atoms with Gasteiger partial charge in [0, 0.05) is 19.7 Å². The number of nitrogens with zero attached hydrogens (tertiary/aromatic N) is 2. The van der Waals surface area contributed by atoms with E-state index < -0.39 is 4.92 Å². The fourth-order valence-electron chi connectivity index (χ4n) is 2.83. The van der Waals surface area contributed by atoms with Crippen LogP contribution in [0.4, 0.5) is 11.4 Å². The van der Waals surface area contributed by atoms with E-state index in [9.17, 15) is 20.0 Å². The van der Waals surface area contributed by atoms with Gasteiger partial charge in [-0.2, -0.15) is 0 Å². The highest BCUT2D eigenvalue weighted by atomic mass is 16.6. The van der Waals surface area contributed by atoms with Gasteiger partial charge in [-0.1, -0.05) is 13.0 Å². The molecule has 0 aromatic heterocycles. The fourth-order valence-corrected chi connectivity index (χ4v) is 2.83. The number of anilines is 1. The third-order valence-electron chi connectivity index (χ3n) is 4.05. The van der Waals surface area contributed by atoms with Gasteiger partial charge in [-0.05, 0) is 18.4 Å². The zero-order valence-electron chi connectivity index (χ0n) is 12.1. The predicted octanol–water partition coefficient (Wildman–Crippen LogP) is 1.48. The second-order valence-electron chi connectivity index (χ2n) is 5.22. The molecule has 2 rings (SSSR count). The predicted molar refractivity (Wildman–Crippen MR) is 78.3 cm³/mol. The molecular weight excluding hydrogens is 274 g/mol. The van der Waals surface area contributed by atoms with Crippen molar-refractivity contribution < 1.29 is 14.8 Å². The SMILES string of the molecule is CNc1c(C(=O)N2CCC(C)C2CO)cccc1[N+](=O)[O-]. The number of aliphatic hydroxyl groups is 1. The molecule has 1 aliphatic heterocycles. The minimum atomic E-state index is -0.515. The summed E-state index contributed by atoms with van der Waals surface area (Å²) in [4.78, 5) is 24.8. The van der Waals surface area contributed by atoms with Gasteiger partial charge in [0.25, 0.3) is 11.6 Å². The van der Waals surface area contributed by atoms with Crippen molar-refractivity contribution in [2.24, 2.45) is 5.92 Å². The monoisotopic (exact) mass is 293 g/mol. The molecule has 21 heavy (non-hydrogen) atoms. The van der Waals surface area contributed by atoms with Crippen molar-refractivity contribution in [1.29, 1.82) is 0 Å². The van der Waals surface area contributed by atoms with Gasteiger partial charge in [-0.15, -0.1) is 0 Å². The summed E-state index contributed by atoms with van der Waals surface area (Å²) in [6, 6.07) is 4.19. The molecule has 114 valence electrons. The van der Waals surface area contributed by atoms with Crippen molar-refractivity contribution in [2.75, 3.05) is 25.5 Å². The minimum Gasteiger partial charge on any atom is -0.394 e. The summed E-state index contributed by atoms with van der Waals surface area (Å²) >= 11 is 0. The fraction of sp³-hybridized carbons (Fsp3) is 0.500. The molecular formula is C14H19N3O4. The van der Waals surface area contributed by atoms with Crippen LogP contribution in [0.1, 0.15) is 23.7 Å². The van der Waals surface area contributed by atoms with Gasteiger partial charge in [0.2, 0.25) is 0 Å². The number of nitro benzene ring substituents is 1. The molecule has 1 amide bonds. The Bertz CT molecular complexity index is 561. The molecule has 0 bridgehead atoms. The first-order chi connectivity index (χ1) is 10.0. The van der Waals surface area contributed by atoms with Crippen LogP contribution < -0.4 is 5.32 Å². The van der Waals surface area contributed by atoms with E-state index in [0.717, 1.165) is 6.42 Å². The quantitative estimate of drug-likeness (QED) is 0.647. The first-order valence-electron chi connectivity index (χ1n) is 6.88. The standard InChI is InChI=1S/C14H19N3O4/c1-9-6-7-16(12(9)8-18)14(19)10-4-3-5-11(17(20)21)13(10)15-2/h3-5,9,12,15,18H,6-8H2,1-2H3. The Kier molecular flexibility index (Phi) is 4.42. The van der Waals surface area contributed by atoms with E-state index in [2.05, 4.69) is 5.32 Å². The summed E-state index contributed by atoms with van der Waals surface area (Å²) in [7, 11) is 1.55. The van der Waals surface area contributed by atoms with Crippen LogP contribution in [0.2, 0.25) is 0 Å².